The topological polar surface area (TPSA) is 0 Å². The highest BCUT2D eigenvalue weighted by molar-refractivity contribution is 9.10. The van der Waals surface area contributed by atoms with Gasteiger partial charge >= 0.3 is 0 Å². The van der Waals surface area contributed by atoms with Crippen LogP contribution in [0.4, 0.5) is 4.39 Å². The second kappa shape index (κ2) is 6.74. The van der Waals surface area contributed by atoms with Gasteiger partial charge in [-0.25, -0.2) is 4.39 Å². The first kappa shape index (κ1) is 14.8. The van der Waals surface area contributed by atoms with Crippen LogP contribution in [0.15, 0.2) is 46.9 Å². The summed E-state index contributed by atoms with van der Waals surface area (Å²) in [5.74, 6) is 0.200. The van der Waals surface area contributed by atoms with Crippen molar-refractivity contribution in [2.45, 2.75) is 12.3 Å². The Morgan fingerprint density at radius 1 is 1.11 bits per heavy atom. The Bertz CT molecular complexity index is 555. The highest BCUT2D eigenvalue weighted by Crippen LogP contribution is 2.28. The molecule has 2 aromatic rings. The lowest BCUT2D eigenvalue weighted by Crippen LogP contribution is -2.05. The number of hydrogen-bond acceptors (Lipinski definition) is 0. The molecule has 0 spiro atoms. The van der Waals surface area contributed by atoms with E-state index >= 15 is 0 Å². The van der Waals surface area contributed by atoms with Gasteiger partial charge in [0.1, 0.15) is 5.82 Å². The smallest absolute Gasteiger partial charge is 0.142 e. The number of alkyl halides is 1. The van der Waals surface area contributed by atoms with Crippen LogP contribution in [0.5, 0.6) is 0 Å². The SMILES string of the molecule is Fc1cccc(CC(CCl)c2ccc(Br)cc2)c1Cl. The predicted molar refractivity (Wildman–Crippen MR) is 82.7 cm³/mol. The van der Waals surface area contributed by atoms with Crippen molar-refractivity contribution in [1.29, 1.82) is 0 Å². The van der Waals surface area contributed by atoms with E-state index in [0.717, 1.165) is 15.6 Å². The van der Waals surface area contributed by atoms with Gasteiger partial charge in [-0.05, 0) is 35.7 Å². The van der Waals surface area contributed by atoms with Crippen LogP contribution >= 0.6 is 39.1 Å². The standard InChI is InChI=1S/C15H12BrCl2F/c16-13-6-4-10(5-7-13)12(9-17)8-11-2-1-3-14(19)15(11)18/h1-7,12H,8-9H2. The molecule has 0 aliphatic heterocycles. The van der Waals surface area contributed by atoms with Gasteiger partial charge in [-0.1, -0.05) is 51.8 Å². The molecule has 0 aromatic heterocycles. The highest BCUT2D eigenvalue weighted by atomic mass is 79.9. The Hall–Kier alpha value is -0.570. The van der Waals surface area contributed by atoms with Crippen LogP contribution in [-0.2, 0) is 6.42 Å². The highest BCUT2D eigenvalue weighted by Gasteiger charge is 2.14. The van der Waals surface area contributed by atoms with Crippen LogP contribution < -0.4 is 0 Å². The minimum Gasteiger partial charge on any atom is -0.205 e. The summed E-state index contributed by atoms with van der Waals surface area (Å²) in [6, 6.07) is 12.9. The zero-order valence-electron chi connectivity index (χ0n) is 10.0. The Morgan fingerprint density at radius 2 is 1.79 bits per heavy atom. The van der Waals surface area contributed by atoms with E-state index in [1.807, 2.05) is 30.3 Å². The van der Waals surface area contributed by atoms with E-state index in [1.165, 1.54) is 6.07 Å². The third-order valence-electron chi connectivity index (χ3n) is 3.03. The molecule has 1 unspecified atom stereocenters. The lowest BCUT2D eigenvalue weighted by Gasteiger charge is -2.15. The van der Waals surface area contributed by atoms with Crippen molar-refractivity contribution in [3.8, 4) is 0 Å². The summed E-state index contributed by atoms with van der Waals surface area (Å²) in [5, 5.41) is 0.190. The van der Waals surface area contributed by atoms with E-state index < -0.39 is 0 Å². The molecule has 0 saturated carbocycles. The fourth-order valence-corrected chi connectivity index (χ4v) is 2.72. The zero-order valence-corrected chi connectivity index (χ0v) is 13.1. The lowest BCUT2D eigenvalue weighted by molar-refractivity contribution is 0.624. The Labute approximate surface area is 130 Å². The number of hydrogen-bond donors (Lipinski definition) is 0. The summed E-state index contributed by atoms with van der Waals surface area (Å²) in [4.78, 5) is 0. The van der Waals surface area contributed by atoms with Crippen molar-refractivity contribution in [3.05, 3.63) is 68.9 Å². The summed E-state index contributed by atoms with van der Waals surface area (Å²) >= 11 is 15.4. The molecule has 19 heavy (non-hydrogen) atoms. The van der Waals surface area contributed by atoms with Gasteiger partial charge in [0.15, 0.2) is 0 Å². The van der Waals surface area contributed by atoms with Crippen molar-refractivity contribution in [2.24, 2.45) is 0 Å². The summed E-state index contributed by atoms with van der Waals surface area (Å²) in [6.45, 7) is 0. The molecule has 0 N–H and O–H groups in total. The van der Waals surface area contributed by atoms with Crippen LogP contribution in [-0.4, -0.2) is 5.88 Å². The summed E-state index contributed by atoms with van der Waals surface area (Å²) in [7, 11) is 0. The Balaban J connectivity index is 2.24. The largest absolute Gasteiger partial charge is 0.205 e. The molecule has 0 saturated heterocycles. The van der Waals surface area contributed by atoms with Gasteiger partial charge in [0, 0.05) is 16.3 Å². The van der Waals surface area contributed by atoms with Crippen LogP contribution in [0, 0.1) is 5.82 Å². The van der Waals surface area contributed by atoms with E-state index in [1.54, 1.807) is 6.07 Å². The van der Waals surface area contributed by atoms with Crippen LogP contribution in [0.2, 0.25) is 5.02 Å². The quantitative estimate of drug-likeness (QED) is 0.603. The maximum absolute atomic E-state index is 13.4. The fourth-order valence-electron chi connectivity index (χ4n) is 1.97. The molecular formula is C15H12BrCl2F. The molecule has 2 aromatic carbocycles. The van der Waals surface area contributed by atoms with E-state index in [4.69, 9.17) is 23.2 Å². The molecule has 0 amide bonds. The third kappa shape index (κ3) is 3.71. The van der Waals surface area contributed by atoms with Crippen molar-refractivity contribution >= 4 is 39.1 Å². The average Bonchev–Trinajstić information content (AvgIpc) is 2.42. The van der Waals surface area contributed by atoms with Gasteiger partial charge < -0.3 is 0 Å². The number of benzene rings is 2. The first-order chi connectivity index (χ1) is 9.11. The molecule has 4 heteroatoms. The number of halogens is 4. The van der Waals surface area contributed by atoms with Crippen LogP contribution in [0.1, 0.15) is 17.0 Å². The van der Waals surface area contributed by atoms with Crippen molar-refractivity contribution in [2.75, 3.05) is 5.88 Å². The molecule has 1 atom stereocenters. The predicted octanol–water partition coefficient (Wildman–Crippen LogP) is 5.81. The first-order valence-corrected chi connectivity index (χ1v) is 7.56. The van der Waals surface area contributed by atoms with E-state index in [9.17, 15) is 4.39 Å². The lowest BCUT2D eigenvalue weighted by atomic mass is 9.93. The van der Waals surface area contributed by atoms with E-state index in [2.05, 4.69) is 15.9 Å². The van der Waals surface area contributed by atoms with Gasteiger partial charge in [-0.3, -0.25) is 0 Å². The molecule has 0 bridgehead atoms. The molecule has 0 radical (unpaired) electrons. The molecule has 0 fully saturated rings. The second-order valence-electron chi connectivity index (χ2n) is 4.32. The van der Waals surface area contributed by atoms with Crippen molar-refractivity contribution in [1.82, 2.24) is 0 Å². The first-order valence-electron chi connectivity index (χ1n) is 5.86. The molecule has 100 valence electrons. The Morgan fingerprint density at radius 3 is 2.42 bits per heavy atom. The van der Waals surface area contributed by atoms with Crippen LogP contribution in [0.25, 0.3) is 0 Å². The summed E-state index contributed by atoms with van der Waals surface area (Å²) in [5.41, 5.74) is 1.91. The van der Waals surface area contributed by atoms with Crippen LogP contribution in [0.3, 0.4) is 0 Å². The monoisotopic (exact) mass is 360 g/mol. The van der Waals surface area contributed by atoms with Gasteiger partial charge in [0.2, 0.25) is 0 Å². The number of rotatable bonds is 4. The molecule has 0 nitrogen and oxygen atoms in total. The second-order valence-corrected chi connectivity index (χ2v) is 5.92. The molecule has 2 rings (SSSR count). The van der Waals surface area contributed by atoms with E-state index in [0.29, 0.717) is 12.3 Å². The normalized spacial score (nSPS) is 12.4. The fraction of sp³-hybridized carbons (Fsp3) is 0.200. The van der Waals surface area contributed by atoms with Gasteiger partial charge in [0.25, 0.3) is 0 Å². The molecule has 0 aliphatic carbocycles. The molecular weight excluding hydrogens is 350 g/mol. The van der Waals surface area contributed by atoms with Gasteiger partial charge in [0.05, 0.1) is 5.02 Å². The summed E-state index contributed by atoms with van der Waals surface area (Å²) < 4.78 is 14.4. The van der Waals surface area contributed by atoms with Gasteiger partial charge in [-0.15, -0.1) is 11.6 Å². The van der Waals surface area contributed by atoms with Crippen molar-refractivity contribution < 1.29 is 4.39 Å². The molecule has 0 aliphatic rings. The molecule has 0 heterocycles. The summed E-state index contributed by atoms with van der Waals surface area (Å²) in [6.07, 6.45) is 0.627. The maximum Gasteiger partial charge on any atom is 0.142 e. The average molecular weight is 362 g/mol. The maximum atomic E-state index is 13.4. The third-order valence-corrected chi connectivity index (χ3v) is 4.35. The minimum absolute atomic E-state index is 0.120. The minimum atomic E-state index is -0.386. The van der Waals surface area contributed by atoms with Crippen molar-refractivity contribution in [3.63, 3.8) is 0 Å². The van der Waals surface area contributed by atoms with E-state index in [-0.39, 0.29) is 16.8 Å². The zero-order chi connectivity index (χ0) is 13.8. The Kier molecular flexibility index (Phi) is 5.26. The van der Waals surface area contributed by atoms with Gasteiger partial charge in [-0.2, -0.15) is 0 Å².